The summed E-state index contributed by atoms with van der Waals surface area (Å²) in [6.07, 6.45) is 0. The van der Waals surface area contributed by atoms with Crippen LogP contribution in [0.3, 0.4) is 0 Å². The summed E-state index contributed by atoms with van der Waals surface area (Å²) in [5, 5.41) is 0.835. The standard InChI is InChI=1S/C55H42N3OP/c1-60(2,59)50-30-18-29-46(38-50)48-35-47(36-49(37-48)55-57-53(44-25-14-6-15-26-44)56-54(58-55)45-27-16-7-17-28-45)39-31-33-43(34-32-39)52(42-23-12-5-13-24-42)51(40-19-8-3-9-20-40)41-21-10-4-11-22-41/h3-38H,1-2H3. The molecule has 60 heavy (non-hydrogen) atoms. The van der Waals surface area contributed by atoms with Gasteiger partial charge in [0, 0.05) is 22.0 Å². The Kier molecular flexibility index (Phi) is 10.8. The van der Waals surface area contributed by atoms with Crippen LogP contribution in [0.15, 0.2) is 218 Å². The highest BCUT2D eigenvalue weighted by molar-refractivity contribution is 7.70. The Labute approximate surface area is 352 Å². The summed E-state index contributed by atoms with van der Waals surface area (Å²) in [4.78, 5) is 15.2. The van der Waals surface area contributed by atoms with E-state index in [1.807, 2.05) is 86.1 Å². The van der Waals surface area contributed by atoms with Gasteiger partial charge in [0.05, 0.1) is 0 Å². The van der Waals surface area contributed by atoms with Crippen molar-refractivity contribution >= 4 is 23.6 Å². The topological polar surface area (TPSA) is 55.7 Å². The van der Waals surface area contributed by atoms with Crippen LogP contribution in [0.25, 0.3) is 67.6 Å². The zero-order valence-corrected chi connectivity index (χ0v) is 34.4. The highest BCUT2D eigenvalue weighted by atomic mass is 31.2. The van der Waals surface area contributed by atoms with Gasteiger partial charge in [0.25, 0.3) is 0 Å². The maximum atomic E-state index is 13.3. The van der Waals surface area contributed by atoms with Gasteiger partial charge >= 0.3 is 0 Å². The molecule has 0 bridgehead atoms. The lowest BCUT2D eigenvalue weighted by Crippen LogP contribution is -2.03. The molecule has 0 fully saturated rings. The first-order chi connectivity index (χ1) is 29.4. The van der Waals surface area contributed by atoms with Crippen LogP contribution >= 0.6 is 7.14 Å². The molecular formula is C55H42N3OP. The molecule has 288 valence electrons. The van der Waals surface area contributed by atoms with Gasteiger partial charge in [-0.05, 0) is 93.2 Å². The lowest BCUT2D eigenvalue weighted by atomic mass is 9.85. The Morgan fingerprint density at radius 1 is 0.317 bits per heavy atom. The Morgan fingerprint density at radius 3 is 1.10 bits per heavy atom. The van der Waals surface area contributed by atoms with Gasteiger partial charge in [-0.1, -0.05) is 194 Å². The number of hydrogen-bond acceptors (Lipinski definition) is 4. The van der Waals surface area contributed by atoms with E-state index in [4.69, 9.17) is 15.0 Å². The van der Waals surface area contributed by atoms with E-state index in [-0.39, 0.29) is 0 Å². The van der Waals surface area contributed by atoms with Crippen molar-refractivity contribution in [1.82, 2.24) is 15.0 Å². The van der Waals surface area contributed by atoms with E-state index >= 15 is 0 Å². The van der Waals surface area contributed by atoms with E-state index in [0.29, 0.717) is 17.5 Å². The van der Waals surface area contributed by atoms with Crippen molar-refractivity contribution in [1.29, 1.82) is 0 Å². The molecule has 1 heterocycles. The minimum absolute atomic E-state index is 0.569. The SMILES string of the molecule is CP(C)(=O)c1cccc(-c2cc(-c3ccc(C(=C(c4ccccc4)c4ccccc4)c4ccccc4)cc3)cc(-c3nc(-c4ccccc4)nc(-c4ccccc4)n3)c2)c1. The zero-order chi connectivity index (χ0) is 40.9. The molecule has 0 aliphatic heterocycles. The first kappa shape index (κ1) is 38.3. The molecule has 0 saturated carbocycles. The molecule has 0 spiro atoms. The van der Waals surface area contributed by atoms with E-state index in [1.54, 1.807) is 0 Å². The van der Waals surface area contributed by atoms with Gasteiger partial charge in [0.15, 0.2) is 17.5 Å². The Hall–Kier alpha value is -7.26. The molecule has 0 aliphatic rings. The molecular weight excluding hydrogens is 750 g/mol. The summed E-state index contributed by atoms with van der Waals surface area (Å²) in [7, 11) is -2.52. The molecule has 0 unspecified atom stereocenters. The van der Waals surface area contributed by atoms with Gasteiger partial charge in [-0.3, -0.25) is 0 Å². The fraction of sp³-hybridized carbons (Fsp3) is 0.0364. The van der Waals surface area contributed by atoms with E-state index in [9.17, 15) is 4.57 Å². The maximum Gasteiger partial charge on any atom is 0.164 e. The maximum absolute atomic E-state index is 13.3. The molecule has 0 saturated heterocycles. The number of rotatable bonds is 10. The van der Waals surface area contributed by atoms with Crippen molar-refractivity contribution in [2.24, 2.45) is 0 Å². The number of benzene rings is 8. The Morgan fingerprint density at radius 2 is 0.667 bits per heavy atom. The van der Waals surface area contributed by atoms with Crippen LogP contribution in [0, 0.1) is 0 Å². The summed E-state index contributed by atoms with van der Waals surface area (Å²) in [5.41, 5.74) is 13.5. The molecule has 9 aromatic rings. The quantitative estimate of drug-likeness (QED) is 0.102. The number of nitrogens with zero attached hydrogens (tertiary/aromatic N) is 3. The molecule has 1 aromatic heterocycles. The third kappa shape index (κ3) is 8.33. The smallest absolute Gasteiger partial charge is 0.164 e. The van der Waals surface area contributed by atoms with Gasteiger partial charge in [-0.15, -0.1) is 0 Å². The van der Waals surface area contributed by atoms with Crippen LogP contribution in [-0.4, -0.2) is 28.3 Å². The lowest BCUT2D eigenvalue weighted by Gasteiger charge is -2.18. The Bertz CT molecular complexity index is 2880. The highest BCUT2D eigenvalue weighted by Gasteiger charge is 2.19. The Balaban J connectivity index is 1.24. The van der Waals surface area contributed by atoms with Gasteiger partial charge in [0.2, 0.25) is 0 Å². The van der Waals surface area contributed by atoms with Gasteiger partial charge in [0.1, 0.15) is 7.14 Å². The zero-order valence-electron chi connectivity index (χ0n) is 33.5. The fourth-order valence-corrected chi connectivity index (χ4v) is 8.50. The van der Waals surface area contributed by atoms with Gasteiger partial charge < -0.3 is 4.57 Å². The lowest BCUT2D eigenvalue weighted by molar-refractivity contribution is 0.588. The van der Waals surface area contributed by atoms with Crippen LogP contribution < -0.4 is 5.30 Å². The van der Waals surface area contributed by atoms with E-state index in [1.165, 1.54) is 5.57 Å². The van der Waals surface area contributed by atoms with E-state index < -0.39 is 7.14 Å². The molecule has 0 atom stereocenters. The minimum Gasteiger partial charge on any atom is -0.319 e. The van der Waals surface area contributed by atoms with E-state index in [0.717, 1.165) is 72.1 Å². The third-order valence-electron chi connectivity index (χ3n) is 10.6. The van der Waals surface area contributed by atoms with Crippen LogP contribution in [0.5, 0.6) is 0 Å². The first-order valence-corrected chi connectivity index (χ1v) is 22.7. The van der Waals surface area contributed by atoms with Crippen molar-refractivity contribution in [2.75, 3.05) is 13.3 Å². The predicted octanol–water partition coefficient (Wildman–Crippen LogP) is 13.5. The normalized spacial score (nSPS) is 11.2. The molecule has 0 amide bonds. The first-order valence-electron chi connectivity index (χ1n) is 20.1. The molecule has 0 radical (unpaired) electrons. The van der Waals surface area contributed by atoms with Crippen LogP contribution in [0.2, 0.25) is 0 Å². The summed E-state index contributed by atoms with van der Waals surface area (Å²) in [6, 6.07) is 75.4. The summed E-state index contributed by atoms with van der Waals surface area (Å²) >= 11 is 0. The van der Waals surface area contributed by atoms with Crippen LogP contribution in [0.1, 0.15) is 22.3 Å². The average molecular weight is 792 g/mol. The second kappa shape index (κ2) is 16.9. The second-order valence-electron chi connectivity index (χ2n) is 15.2. The largest absolute Gasteiger partial charge is 0.319 e. The monoisotopic (exact) mass is 791 g/mol. The highest BCUT2D eigenvalue weighted by Crippen LogP contribution is 2.40. The predicted molar refractivity (Wildman–Crippen MR) is 250 cm³/mol. The van der Waals surface area contributed by atoms with Crippen molar-refractivity contribution in [2.45, 2.75) is 0 Å². The molecule has 0 aliphatic carbocycles. The summed E-state index contributed by atoms with van der Waals surface area (Å²) in [6.45, 7) is 3.63. The average Bonchev–Trinajstić information content (AvgIpc) is 3.31. The van der Waals surface area contributed by atoms with Crippen LogP contribution in [0.4, 0.5) is 0 Å². The van der Waals surface area contributed by atoms with Gasteiger partial charge in [-0.25, -0.2) is 15.0 Å². The molecule has 9 rings (SSSR count). The minimum atomic E-state index is -2.52. The van der Waals surface area contributed by atoms with Gasteiger partial charge in [-0.2, -0.15) is 0 Å². The fourth-order valence-electron chi connectivity index (χ4n) is 7.60. The number of aromatic nitrogens is 3. The molecule has 8 aromatic carbocycles. The van der Waals surface area contributed by atoms with Crippen molar-refractivity contribution in [3.8, 4) is 56.4 Å². The summed E-state index contributed by atoms with van der Waals surface area (Å²) in [5.74, 6) is 1.77. The summed E-state index contributed by atoms with van der Waals surface area (Å²) < 4.78 is 13.3. The molecule has 5 heteroatoms. The molecule has 4 nitrogen and oxygen atoms in total. The van der Waals surface area contributed by atoms with E-state index in [2.05, 4.69) is 146 Å². The number of hydrogen-bond donors (Lipinski definition) is 0. The van der Waals surface area contributed by atoms with Crippen molar-refractivity contribution in [3.05, 3.63) is 241 Å². The molecule has 0 N–H and O–H groups in total. The van der Waals surface area contributed by atoms with Crippen LogP contribution in [-0.2, 0) is 4.57 Å². The second-order valence-corrected chi connectivity index (χ2v) is 18.4. The third-order valence-corrected chi connectivity index (χ3v) is 12.2. The van der Waals surface area contributed by atoms with Crippen molar-refractivity contribution in [3.63, 3.8) is 0 Å². The van der Waals surface area contributed by atoms with Crippen molar-refractivity contribution < 1.29 is 4.57 Å².